The zero-order chi connectivity index (χ0) is 29.5. The summed E-state index contributed by atoms with van der Waals surface area (Å²) in [5, 5.41) is 0. The van der Waals surface area contributed by atoms with Crippen molar-refractivity contribution in [2.75, 3.05) is 31.1 Å². The lowest BCUT2D eigenvalue weighted by molar-refractivity contribution is 0.0240. The van der Waals surface area contributed by atoms with Gasteiger partial charge in [0.15, 0.2) is 0 Å². The van der Waals surface area contributed by atoms with E-state index < -0.39 is 5.60 Å². The first-order valence-corrected chi connectivity index (χ1v) is 15.6. The summed E-state index contributed by atoms with van der Waals surface area (Å²) < 4.78 is 7.83. The molecule has 1 aliphatic heterocycles. The molecule has 0 spiro atoms. The normalized spacial score (nSPS) is 14.0. The number of amides is 1. The van der Waals surface area contributed by atoms with E-state index in [9.17, 15) is 4.79 Å². The summed E-state index contributed by atoms with van der Waals surface area (Å²) in [6, 6.07) is 13.6. The molecule has 1 fully saturated rings. The highest BCUT2D eigenvalue weighted by Crippen LogP contribution is 2.23. The number of nitrogens with zero attached hydrogens (tertiary/aromatic N) is 2. The number of benzene rings is 3. The van der Waals surface area contributed by atoms with Crippen LogP contribution < -0.4 is 21.3 Å². The fourth-order valence-corrected chi connectivity index (χ4v) is 7.62. The summed E-state index contributed by atoms with van der Waals surface area (Å²) in [5.74, 6) is 0. The minimum Gasteiger partial charge on any atom is -0.444 e. The lowest BCUT2D eigenvalue weighted by atomic mass is 9.33. The molecular weight excluding hydrogens is 627 g/mol. The second-order valence-electron chi connectivity index (χ2n) is 12.3. The van der Waals surface area contributed by atoms with Crippen molar-refractivity contribution >= 4 is 66.7 Å². The lowest BCUT2D eigenvalue weighted by Crippen LogP contribution is -2.57. The Morgan fingerprint density at radius 2 is 1.02 bits per heavy atom. The molecule has 1 aliphatic rings. The van der Waals surface area contributed by atoms with Gasteiger partial charge in [-0.2, -0.15) is 0 Å². The molecule has 1 heterocycles. The first kappa shape index (κ1) is 30.7. The van der Waals surface area contributed by atoms with Gasteiger partial charge >= 0.3 is 6.09 Å². The molecule has 7 heteroatoms. The Bertz CT molecular complexity index is 1310. The third-order valence-corrected chi connectivity index (χ3v) is 8.77. The number of anilines is 1. The molecule has 0 atom stereocenters. The largest absolute Gasteiger partial charge is 0.444 e. The van der Waals surface area contributed by atoms with Crippen molar-refractivity contribution in [3.63, 3.8) is 0 Å². The summed E-state index contributed by atoms with van der Waals surface area (Å²) in [7, 11) is 0. The number of rotatable bonds is 4. The number of piperazine rings is 1. The average molecular weight is 668 g/mol. The van der Waals surface area contributed by atoms with Gasteiger partial charge in [-0.15, -0.1) is 0 Å². The van der Waals surface area contributed by atoms with Crippen molar-refractivity contribution in [3.05, 3.63) is 78.7 Å². The Labute approximate surface area is 257 Å². The SMILES string of the molecule is Cc1cc(Br)cc(C)c1B(c1c(C)cc(Br)cc1C)c1c(C)cc(N2CCN(C(=O)OC(C)(C)C)CC2)cc1C. The summed E-state index contributed by atoms with van der Waals surface area (Å²) in [4.78, 5) is 16.8. The molecule has 0 N–H and O–H groups in total. The maximum atomic E-state index is 12.6. The van der Waals surface area contributed by atoms with E-state index in [0.29, 0.717) is 13.1 Å². The highest BCUT2D eigenvalue weighted by atomic mass is 79.9. The van der Waals surface area contributed by atoms with Gasteiger partial charge in [0, 0.05) is 40.8 Å². The maximum absolute atomic E-state index is 12.6. The van der Waals surface area contributed by atoms with E-state index in [-0.39, 0.29) is 12.8 Å². The molecule has 0 unspecified atom stereocenters. The zero-order valence-electron chi connectivity index (χ0n) is 25.3. The summed E-state index contributed by atoms with van der Waals surface area (Å²) in [6.07, 6.45) is -0.224. The van der Waals surface area contributed by atoms with Crippen LogP contribution in [0.1, 0.15) is 54.2 Å². The first-order chi connectivity index (χ1) is 18.7. The van der Waals surface area contributed by atoms with Crippen LogP contribution in [0.15, 0.2) is 45.3 Å². The van der Waals surface area contributed by atoms with E-state index in [4.69, 9.17) is 4.74 Å². The van der Waals surface area contributed by atoms with E-state index in [1.54, 1.807) is 0 Å². The number of ether oxygens (including phenoxy) is 1. The molecular formula is C33H41BBr2N2O2. The molecule has 1 saturated heterocycles. The highest BCUT2D eigenvalue weighted by molar-refractivity contribution is 9.10. The minimum absolute atomic E-state index is 0.124. The summed E-state index contributed by atoms with van der Waals surface area (Å²) >= 11 is 7.43. The van der Waals surface area contributed by atoms with Crippen molar-refractivity contribution in [2.45, 2.75) is 67.9 Å². The molecule has 0 aliphatic carbocycles. The van der Waals surface area contributed by atoms with Gasteiger partial charge in [0.25, 0.3) is 0 Å². The number of carbonyl (C=O) groups excluding carboxylic acids is 1. The number of hydrogen-bond acceptors (Lipinski definition) is 3. The number of aryl methyl sites for hydroxylation is 6. The maximum Gasteiger partial charge on any atom is 0.410 e. The van der Waals surface area contributed by atoms with Gasteiger partial charge in [0.1, 0.15) is 5.60 Å². The molecule has 0 radical (unpaired) electrons. The van der Waals surface area contributed by atoms with Crippen LogP contribution in [0.2, 0.25) is 0 Å². The van der Waals surface area contributed by atoms with Crippen molar-refractivity contribution in [3.8, 4) is 0 Å². The van der Waals surface area contributed by atoms with Gasteiger partial charge in [-0.3, -0.25) is 0 Å². The van der Waals surface area contributed by atoms with Gasteiger partial charge in [-0.05, 0) is 98.7 Å². The molecule has 3 aromatic rings. The highest BCUT2D eigenvalue weighted by Gasteiger charge is 2.32. The molecule has 40 heavy (non-hydrogen) atoms. The predicted octanol–water partition coefficient (Wildman–Crippen LogP) is 6.64. The molecule has 0 saturated carbocycles. The fourth-order valence-electron chi connectivity index (χ4n) is 6.25. The number of hydrogen-bond donors (Lipinski definition) is 0. The van der Waals surface area contributed by atoms with Crippen LogP contribution in [0.4, 0.5) is 10.5 Å². The van der Waals surface area contributed by atoms with E-state index >= 15 is 0 Å². The van der Waals surface area contributed by atoms with Crippen molar-refractivity contribution in [1.29, 1.82) is 0 Å². The molecule has 3 aromatic carbocycles. The minimum atomic E-state index is -0.480. The third kappa shape index (κ3) is 6.62. The van der Waals surface area contributed by atoms with Crippen LogP contribution in [-0.4, -0.2) is 49.5 Å². The molecule has 1 amide bonds. The van der Waals surface area contributed by atoms with Crippen LogP contribution >= 0.6 is 31.9 Å². The Hall–Kier alpha value is -2.25. The monoisotopic (exact) mass is 666 g/mol. The summed E-state index contributed by atoms with van der Waals surface area (Å²) in [6.45, 7) is 22.2. The van der Waals surface area contributed by atoms with E-state index in [0.717, 1.165) is 22.0 Å². The predicted molar refractivity (Wildman–Crippen MR) is 178 cm³/mol. The van der Waals surface area contributed by atoms with Gasteiger partial charge in [0.2, 0.25) is 6.71 Å². The lowest BCUT2D eigenvalue weighted by Gasteiger charge is -2.37. The van der Waals surface area contributed by atoms with E-state index in [2.05, 4.69) is 115 Å². The van der Waals surface area contributed by atoms with E-state index in [1.165, 1.54) is 55.5 Å². The Balaban J connectivity index is 1.75. The second-order valence-corrected chi connectivity index (χ2v) is 14.1. The summed E-state index contributed by atoms with van der Waals surface area (Å²) in [5.41, 5.74) is 12.6. The zero-order valence-corrected chi connectivity index (χ0v) is 28.5. The van der Waals surface area contributed by atoms with Crippen molar-refractivity contribution in [1.82, 2.24) is 4.90 Å². The van der Waals surface area contributed by atoms with Gasteiger partial charge in [-0.1, -0.05) is 81.6 Å². The molecule has 4 nitrogen and oxygen atoms in total. The Morgan fingerprint density at radius 3 is 1.38 bits per heavy atom. The first-order valence-electron chi connectivity index (χ1n) is 14.0. The van der Waals surface area contributed by atoms with Crippen LogP contribution in [0.25, 0.3) is 0 Å². The average Bonchev–Trinajstić information content (AvgIpc) is 2.81. The molecule has 4 rings (SSSR count). The van der Waals surface area contributed by atoms with Gasteiger partial charge < -0.3 is 14.5 Å². The Kier molecular flexibility index (Phi) is 9.16. The number of halogens is 2. The molecule has 212 valence electrons. The van der Waals surface area contributed by atoms with Gasteiger partial charge in [0.05, 0.1) is 0 Å². The Morgan fingerprint density at radius 1 is 0.675 bits per heavy atom. The molecule has 0 aromatic heterocycles. The van der Waals surface area contributed by atoms with Crippen molar-refractivity contribution in [2.24, 2.45) is 0 Å². The topological polar surface area (TPSA) is 32.8 Å². The van der Waals surface area contributed by atoms with Crippen LogP contribution in [0.3, 0.4) is 0 Å². The number of carbonyl (C=O) groups is 1. The second kappa shape index (κ2) is 11.9. The van der Waals surface area contributed by atoms with Crippen molar-refractivity contribution < 1.29 is 9.53 Å². The third-order valence-electron chi connectivity index (χ3n) is 7.86. The van der Waals surface area contributed by atoms with E-state index in [1.807, 2.05) is 25.7 Å². The van der Waals surface area contributed by atoms with Gasteiger partial charge in [-0.25, -0.2) is 4.79 Å². The van der Waals surface area contributed by atoms with Crippen LogP contribution in [-0.2, 0) is 4.74 Å². The smallest absolute Gasteiger partial charge is 0.410 e. The van der Waals surface area contributed by atoms with Crippen LogP contribution in [0.5, 0.6) is 0 Å². The van der Waals surface area contributed by atoms with Crippen LogP contribution in [0, 0.1) is 41.5 Å². The standard InChI is InChI=1S/C33H41BBr2N2O2/c1-20-14-26(35)15-21(2)29(20)34(30-22(3)16-27(36)17-23(30)4)31-24(5)18-28(19-25(31)6)37-10-12-38(13-11-37)32(39)40-33(7,8)9/h14-19H,10-13H2,1-9H3. The molecule has 0 bridgehead atoms. The fraction of sp³-hybridized carbons (Fsp3) is 0.424. The quantitative estimate of drug-likeness (QED) is 0.293.